The monoisotopic (exact) mass is 355 g/mol. The molecule has 6 heteroatoms. The van der Waals surface area contributed by atoms with Crippen LogP contribution in [-0.2, 0) is 0 Å². The molecule has 4 rings (SSSR count). The predicted molar refractivity (Wildman–Crippen MR) is 103 cm³/mol. The highest BCUT2D eigenvalue weighted by atomic mass is 32.1. The molecule has 3 aromatic rings. The molecule has 0 aliphatic carbocycles. The molecule has 1 aliphatic heterocycles. The predicted octanol–water partition coefficient (Wildman–Crippen LogP) is 3.41. The summed E-state index contributed by atoms with van der Waals surface area (Å²) < 4.78 is 5.61. The number of aromatic nitrogens is 1. The van der Waals surface area contributed by atoms with Gasteiger partial charge in [0, 0.05) is 53.4 Å². The van der Waals surface area contributed by atoms with Gasteiger partial charge in [0.05, 0.1) is 5.56 Å². The second-order valence-electron chi connectivity index (χ2n) is 7.20. The van der Waals surface area contributed by atoms with Crippen LogP contribution in [0.4, 0.5) is 5.69 Å². The van der Waals surface area contributed by atoms with Gasteiger partial charge in [-0.1, -0.05) is 0 Å². The van der Waals surface area contributed by atoms with Crippen molar-refractivity contribution in [3.63, 3.8) is 0 Å². The number of aryl methyl sites for hydroxylation is 1. The normalized spacial score (nSPS) is 17.2. The van der Waals surface area contributed by atoms with E-state index in [2.05, 4.69) is 35.1 Å². The van der Waals surface area contributed by atoms with Crippen molar-refractivity contribution in [2.45, 2.75) is 26.3 Å². The fraction of sp³-hybridized carbons (Fsp3) is 0.368. The zero-order valence-corrected chi connectivity index (χ0v) is 15.4. The van der Waals surface area contributed by atoms with Crippen LogP contribution in [-0.4, -0.2) is 30.2 Å². The van der Waals surface area contributed by atoms with Gasteiger partial charge < -0.3 is 14.6 Å². The van der Waals surface area contributed by atoms with Gasteiger partial charge in [0.2, 0.25) is 0 Å². The molecule has 1 aromatic carbocycles. The molecule has 1 fully saturated rings. The number of thiazole rings is 1. The fourth-order valence-electron chi connectivity index (χ4n) is 3.29. The van der Waals surface area contributed by atoms with E-state index in [1.807, 2.05) is 30.5 Å². The summed E-state index contributed by atoms with van der Waals surface area (Å²) in [7, 11) is 0. The van der Waals surface area contributed by atoms with Crippen LogP contribution in [0.15, 0.2) is 38.9 Å². The Hall–Kier alpha value is -2.18. The third-order valence-electron chi connectivity index (χ3n) is 4.51. The van der Waals surface area contributed by atoms with Gasteiger partial charge in [-0.15, -0.1) is 11.3 Å². The summed E-state index contributed by atoms with van der Waals surface area (Å²) in [4.78, 5) is 19.1. The summed E-state index contributed by atoms with van der Waals surface area (Å²) in [5.74, 6) is 0. The average molecular weight is 355 g/mol. The first-order valence-electron chi connectivity index (χ1n) is 8.42. The van der Waals surface area contributed by atoms with Crippen LogP contribution >= 0.6 is 11.3 Å². The van der Waals surface area contributed by atoms with Crippen LogP contribution in [0, 0.1) is 6.92 Å². The summed E-state index contributed by atoms with van der Waals surface area (Å²) in [5, 5.41) is 7.08. The molecule has 5 nitrogen and oxygen atoms in total. The molecule has 3 heterocycles. The number of nitrogens with zero attached hydrogens (tertiary/aromatic N) is 2. The number of rotatable bonds is 2. The first-order chi connectivity index (χ1) is 11.9. The van der Waals surface area contributed by atoms with Crippen LogP contribution in [0.5, 0.6) is 0 Å². The van der Waals surface area contributed by atoms with Crippen molar-refractivity contribution >= 4 is 28.0 Å². The fourth-order valence-corrected chi connectivity index (χ4v) is 4.09. The largest absolute Gasteiger partial charge is 0.422 e. The number of hydrogen-bond donors (Lipinski definition) is 1. The van der Waals surface area contributed by atoms with E-state index >= 15 is 0 Å². The first-order valence-corrected chi connectivity index (χ1v) is 9.30. The quantitative estimate of drug-likeness (QED) is 0.714. The lowest BCUT2D eigenvalue weighted by atomic mass is 10.0. The molecule has 0 radical (unpaired) electrons. The molecule has 0 amide bonds. The average Bonchev–Trinajstić information content (AvgIpc) is 2.99. The van der Waals surface area contributed by atoms with Gasteiger partial charge in [-0.25, -0.2) is 9.78 Å². The maximum atomic E-state index is 12.4. The maximum Gasteiger partial charge on any atom is 0.346 e. The molecule has 2 aromatic heterocycles. The molecule has 0 bridgehead atoms. The van der Waals surface area contributed by atoms with Crippen molar-refractivity contribution in [2.75, 3.05) is 24.5 Å². The van der Waals surface area contributed by atoms with Crippen molar-refractivity contribution in [1.29, 1.82) is 0 Å². The van der Waals surface area contributed by atoms with Crippen molar-refractivity contribution < 1.29 is 4.42 Å². The lowest BCUT2D eigenvalue weighted by Crippen LogP contribution is -2.57. The van der Waals surface area contributed by atoms with Gasteiger partial charge in [-0.3, -0.25) is 0 Å². The van der Waals surface area contributed by atoms with E-state index in [4.69, 9.17) is 4.42 Å². The minimum Gasteiger partial charge on any atom is -0.422 e. The number of fused-ring (bicyclic) bond motifs is 1. The molecule has 25 heavy (non-hydrogen) atoms. The summed E-state index contributed by atoms with van der Waals surface area (Å²) in [5.41, 5.74) is 2.89. The Morgan fingerprint density at radius 3 is 2.88 bits per heavy atom. The Labute approximate surface area is 150 Å². The zero-order valence-electron chi connectivity index (χ0n) is 14.6. The Morgan fingerprint density at radius 1 is 1.32 bits per heavy atom. The van der Waals surface area contributed by atoms with Gasteiger partial charge in [-0.2, -0.15) is 0 Å². The molecule has 130 valence electrons. The van der Waals surface area contributed by atoms with E-state index in [1.54, 1.807) is 0 Å². The van der Waals surface area contributed by atoms with E-state index in [9.17, 15) is 4.79 Å². The van der Waals surface area contributed by atoms with Crippen molar-refractivity contribution in [2.24, 2.45) is 0 Å². The van der Waals surface area contributed by atoms with Gasteiger partial charge in [-0.05, 0) is 39.0 Å². The third-order valence-corrected chi connectivity index (χ3v) is 5.50. The third kappa shape index (κ3) is 3.19. The molecule has 0 saturated carbocycles. The Morgan fingerprint density at radius 2 is 2.16 bits per heavy atom. The van der Waals surface area contributed by atoms with Crippen LogP contribution in [0.2, 0.25) is 0 Å². The van der Waals surface area contributed by atoms with Gasteiger partial charge >= 0.3 is 5.63 Å². The first kappa shape index (κ1) is 16.3. The van der Waals surface area contributed by atoms with E-state index in [-0.39, 0.29) is 11.2 Å². The van der Waals surface area contributed by atoms with Crippen LogP contribution in [0.25, 0.3) is 21.5 Å². The molecule has 0 atom stereocenters. The standard InChI is InChI=1S/C19H21N3O2S/c1-12-10-25-17(21-12)15-8-13-4-5-14(9-16(13)24-18(15)23)22-7-6-20-19(2,3)11-22/h4-5,8-10,20H,6-7,11H2,1-3H3. The highest BCUT2D eigenvalue weighted by Crippen LogP contribution is 2.28. The van der Waals surface area contributed by atoms with Crippen LogP contribution in [0.3, 0.4) is 0 Å². The van der Waals surface area contributed by atoms with E-state index in [0.29, 0.717) is 16.2 Å². The van der Waals surface area contributed by atoms with E-state index in [0.717, 1.165) is 36.4 Å². The number of nitrogens with one attached hydrogen (secondary N) is 1. The summed E-state index contributed by atoms with van der Waals surface area (Å²) >= 11 is 1.46. The smallest absolute Gasteiger partial charge is 0.346 e. The highest BCUT2D eigenvalue weighted by Gasteiger charge is 2.26. The molecule has 1 aliphatic rings. The number of piperazine rings is 1. The van der Waals surface area contributed by atoms with Crippen molar-refractivity contribution in [3.05, 3.63) is 45.8 Å². The molecular formula is C19H21N3O2S. The Balaban J connectivity index is 1.73. The molecule has 0 unspecified atom stereocenters. The van der Waals surface area contributed by atoms with Crippen molar-refractivity contribution in [3.8, 4) is 10.6 Å². The molecule has 1 N–H and O–H groups in total. The second kappa shape index (κ2) is 5.97. The summed E-state index contributed by atoms with van der Waals surface area (Å²) in [6.45, 7) is 9.11. The Kier molecular flexibility index (Phi) is 3.89. The lowest BCUT2D eigenvalue weighted by molar-refractivity contribution is 0.353. The number of anilines is 1. The number of benzene rings is 1. The minimum absolute atomic E-state index is 0.0700. The van der Waals surface area contributed by atoms with E-state index < -0.39 is 0 Å². The molecule has 0 spiro atoms. The number of hydrogen-bond acceptors (Lipinski definition) is 6. The SMILES string of the molecule is Cc1csc(-c2cc3ccc(N4CCNC(C)(C)C4)cc3oc2=O)n1. The lowest BCUT2D eigenvalue weighted by Gasteiger charge is -2.40. The van der Waals surface area contributed by atoms with Gasteiger partial charge in [0.1, 0.15) is 10.6 Å². The van der Waals surface area contributed by atoms with Gasteiger partial charge in [0.25, 0.3) is 0 Å². The minimum atomic E-state index is -0.334. The van der Waals surface area contributed by atoms with Crippen LogP contribution in [0.1, 0.15) is 19.5 Å². The van der Waals surface area contributed by atoms with Gasteiger partial charge in [0.15, 0.2) is 0 Å². The maximum absolute atomic E-state index is 12.4. The topological polar surface area (TPSA) is 58.4 Å². The zero-order chi connectivity index (χ0) is 17.6. The van der Waals surface area contributed by atoms with E-state index in [1.165, 1.54) is 11.3 Å². The molecular weight excluding hydrogens is 334 g/mol. The summed E-state index contributed by atoms with van der Waals surface area (Å²) in [6, 6.07) is 7.97. The Bertz CT molecular complexity index is 990. The van der Waals surface area contributed by atoms with Crippen molar-refractivity contribution in [1.82, 2.24) is 10.3 Å². The highest BCUT2D eigenvalue weighted by molar-refractivity contribution is 7.13. The summed E-state index contributed by atoms with van der Waals surface area (Å²) in [6.07, 6.45) is 0. The molecule has 1 saturated heterocycles. The van der Waals surface area contributed by atoms with Crippen LogP contribution < -0.4 is 15.8 Å². The second-order valence-corrected chi connectivity index (χ2v) is 8.05.